The number of likely N-dealkylation sites (tertiary alicyclic amines) is 1. The van der Waals surface area contributed by atoms with Gasteiger partial charge in [-0.1, -0.05) is 24.4 Å². The SMILES string of the molecule is O=C(C1CCCCC1)N1CCC(CCc2noc(C3CCOCC3)n2)C1. The lowest BCUT2D eigenvalue weighted by Crippen LogP contribution is -2.35. The average molecular weight is 361 g/mol. The Bertz CT molecular complexity index is 591. The summed E-state index contributed by atoms with van der Waals surface area (Å²) in [5, 5.41) is 4.17. The summed E-state index contributed by atoms with van der Waals surface area (Å²) in [6.07, 6.45) is 10.9. The van der Waals surface area contributed by atoms with Gasteiger partial charge in [0.05, 0.1) is 0 Å². The Morgan fingerprint density at radius 2 is 1.88 bits per heavy atom. The van der Waals surface area contributed by atoms with Crippen molar-refractivity contribution in [3.8, 4) is 0 Å². The summed E-state index contributed by atoms with van der Waals surface area (Å²) in [6.45, 7) is 3.42. The van der Waals surface area contributed by atoms with Crippen LogP contribution < -0.4 is 0 Å². The van der Waals surface area contributed by atoms with Gasteiger partial charge in [-0.25, -0.2) is 0 Å². The van der Waals surface area contributed by atoms with Crippen molar-refractivity contribution in [2.24, 2.45) is 11.8 Å². The molecule has 0 spiro atoms. The van der Waals surface area contributed by atoms with Gasteiger partial charge < -0.3 is 14.2 Å². The normalized spacial score (nSPS) is 25.7. The monoisotopic (exact) mass is 361 g/mol. The van der Waals surface area contributed by atoms with E-state index < -0.39 is 0 Å². The largest absolute Gasteiger partial charge is 0.381 e. The predicted molar refractivity (Wildman–Crippen MR) is 96.7 cm³/mol. The van der Waals surface area contributed by atoms with Crippen LogP contribution in [0.25, 0.3) is 0 Å². The fourth-order valence-corrected chi connectivity index (χ4v) is 4.69. The number of carbonyl (C=O) groups excluding carboxylic acids is 1. The molecule has 3 heterocycles. The molecule has 6 heteroatoms. The standard InChI is InChI=1S/C20H31N3O3/c24-20(17-4-2-1-3-5-17)23-11-8-15(14-23)6-7-18-21-19(26-22-18)16-9-12-25-13-10-16/h15-17H,1-14H2. The maximum absolute atomic E-state index is 12.7. The molecule has 3 aliphatic rings. The smallest absolute Gasteiger partial charge is 0.229 e. The number of hydrogen-bond donors (Lipinski definition) is 0. The van der Waals surface area contributed by atoms with Gasteiger partial charge in [0.25, 0.3) is 0 Å². The zero-order valence-electron chi connectivity index (χ0n) is 15.7. The molecule has 1 atom stereocenters. The van der Waals surface area contributed by atoms with Gasteiger partial charge in [-0.15, -0.1) is 0 Å². The number of amides is 1. The van der Waals surface area contributed by atoms with E-state index in [1.54, 1.807) is 0 Å². The first-order chi connectivity index (χ1) is 12.8. The highest BCUT2D eigenvalue weighted by Crippen LogP contribution is 2.29. The molecule has 0 bridgehead atoms. The Kier molecular flexibility index (Phi) is 5.88. The average Bonchev–Trinajstić information content (AvgIpc) is 3.37. The van der Waals surface area contributed by atoms with Crippen molar-refractivity contribution in [3.63, 3.8) is 0 Å². The van der Waals surface area contributed by atoms with Crippen molar-refractivity contribution in [2.75, 3.05) is 26.3 Å². The zero-order valence-corrected chi connectivity index (χ0v) is 15.7. The summed E-state index contributed by atoms with van der Waals surface area (Å²) < 4.78 is 10.9. The van der Waals surface area contributed by atoms with Gasteiger partial charge in [-0.2, -0.15) is 4.98 Å². The van der Waals surface area contributed by atoms with Gasteiger partial charge in [0, 0.05) is 44.6 Å². The van der Waals surface area contributed by atoms with E-state index in [0.29, 0.717) is 23.7 Å². The molecule has 1 aromatic rings. The van der Waals surface area contributed by atoms with Crippen LogP contribution in [0.2, 0.25) is 0 Å². The van der Waals surface area contributed by atoms with E-state index in [-0.39, 0.29) is 0 Å². The Morgan fingerprint density at radius 3 is 2.69 bits per heavy atom. The van der Waals surface area contributed by atoms with E-state index in [4.69, 9.17) is 9.26 Å². The molecule has 0 aromatic carbocycles. The maximum atomic E-state index is 12.7. The summed E-state index contributed by atoms with van der Waals surface area (Å²) in [6, 6.07) is 0. The molecule has 6 nitrogen and oxygen atoms in total. The first kappa shape index (κ1) is 18.0. The third-order valence-corrected chi connectivity index (χ3v) is 6.38. The van der Waals surface area contributed by atoms with Crippen molar-refractivity contribution in [3.05, 3.63) is 11.7 Å². The lowest BCUT2D eigenvalue weighted by atomic mass is 9.88. The highest BCUT2D eigenvalue weighted by Gasteiger charge is 2.31. The molecular weight excluding hydrogens is 330 g/mol. The van der Waals surface area contributed by atoms with Gasteiger partial charge in [0.1, 0.15) is 0 Å². The number of aromatic nitrogens is 2. The maximum Gasteiger partial charge on any atom is 0.229 e. The van der Waals surface area contributed by atoms with Crippen LogP contribution in [0, 0.1) is 11.8 Å². The predicted octanol–water partition coefficient (Wildman–Crippen LogP) is 3.33. The fourth-order valence-electron chi connectivity index (χ4n) is 4.69. The Labute approximate surface area is 155 Å². The first-order valence-electron chi connectivity index (χ1n) is 10.5. The molecule has 26 heavy (non-hydrogen) atoms. The molecule has 4 rings (SSSR count). The zero-order chi connectivity index (χ0) is 17.8. The summed E-state index contributed by atoms with van der Waals surface area (Å²) in [7, 11) is 0. The quantitative estimate of drug-likeness (QED) is 0.805. The molecule has 0 radical (unpaired) electrons. The molecule has 1 aromatic heterocycles. The van der Waals surface area contributed by atoms with Gasteiger partial charge in [0.2, 0.25) is 11.8 Å². The van der Waals surface area contributed by atoms with E-state index in [1.807, 2.05) is 0 Å². The van der Waals surface area contributed by atoms with Crippen molar-refractivity contribution in [1.82, 2.24) is 15.0 Å². The number of rotatable bonds is 5. The van der Waals surface area contributed by atoms with E-state index in [9.17, 15) is 4.79 Å². The van der Waals surface area contributed by atoms with E-state index >= 15 is 0 Å². The summed E-state index contributed by atoms with van der Waals surface area (Å²) in [4.78, 5) is 19.4. The van der Waals surface area contributed by atoms with Gasteiger partial charge in [0.15, 0.2) is 5.82 Å². The highest BCUT2D eigenvalue weighted by molar-refractivity contribution is 5.79. The molecule has 3 fully saturated rings. The third kappa shape index (κ3) is 4.27. The molecule has 0 N–H and O–H groups in total. The van der Waals surface area contributed by atoms with Crippen LogP contribution in [0.1, 0.15) is 75.4 Å². The van der Waals surface area contributed by atoms with Crippen LogP contribution in [0.5, 0.6) is 0 Å². The second kappa shape index (κ2) is 8.51. The molecule has 2 aliphatic heterocycles. The van der Waals surface area contributed by atoms with E-state index in [2.05, 4.69) is 15.0 Å². The minimum Gasteiger partial charge on any atom is -0.381 e. The van der Waals surface area contributed by atoms with Crippen LogP contribution in [0.4, 0.5) is 0 Å². The molecular formula is C20H31N3O3. The first-order valence-corrected chi connectivity index (χ1v) is 10.5. The van der Waals surface area contributed by atoms with Crippen LogP contribution >= 0.6 is 0 Å². The number of nitrogens with zero attached hydrogens (tertiary/aromatic N) is 3. The van der Waals surface area contributed by atoms with Crippen LogP contribution in [-0.4, -0.2) is 47.3 Å². The summed E-state index contributed by atoms with van der Waals surface area (Å²) >= 11 is 0. The second-order valence-corrected chi connectivity index (χ2v) is 8.25. The fraction of sp³-hybridized carbons (Fsp3) is 0.850. The molecule has 144 valence electrons. The minimum absolute atomic E-state index is 0.293. The van der Waals surface area contributed by atoms with Crippen molar-refractivity contribution >= 4 is 5.91 Å². The Balaban J connectivity index is 1.23. The van der Waals surface area contributed by atoms with E-state index in [0.717, 1.165) is 83.0 Å². The van der Waals surface area contributed by atoms with Gasteiger partial charge in [-0.05, 0) is 44.4 Å². The molecule has 1 saturated carbocycles. The van der Waals surface area contributed by atoms with Crippen molar-refractivity contribution in [2.45, 2.75) is 70.1 Å². The van der Waals surface area contributed by atoms with E-state index in [1.165, 1.54) is 19.3 Å². The Hall–Kier alpha value is -1.43. The number of hydrogen-bond acceptors (Lipinski definition) is 5. The van der Waals surface area contributed by atoms with Gasteiger partial charge >= 0.3 is 0 Å². The molecule has 1 amide bonds. The summed E-state index contributed by atoms with van der Waals surface area (Å²) in [5.41, 5.74) is 0. The topological polar surface area (TPSA) is 68.5 Å². The Morgan fingerprint density at radius 1 is 1.08 bits per heavy atom. The lowest BCUT2D eigenvalue weighted by Gasteiger charge is -2.26. The van der Waals surface area contributed by atoms with Gasteiger partial charge in [-0.3, -0.25) is 4.79 Å². The van der Waals surface area contributed by atoms with Crippen LogP contribution in [-0.2, 0) is 16.0 Å². The number of carbonyl (C=O) groups is 1. The number of aryl methyl sites for hydroxylation is 1. The molecule has 1 aliphatic carbocycles. The molecule has 1 unspecified atom stereocenters. The second-order valence-electron chi connectivity index (χ2n) is 8.25. The lowest BCUT2D eigenvalue weighted by molar-refractivity contribution is -0.135. The van der Waals surface area contributed by atoms with Crippen molar-refractivity contribution < 1.29 is 14.1 Å². The third-order valence-electron chi connectivity index (χ3n) is 6.38. The number of ether oxygens (including phenoxy) is 1. The van der Waals surface area contributed by atoms with Crippen molar-refractivity contribution in [1.29, 1.82) is 0 Å². The minimum atomic E-state index is 0.293. The summed E-state index contributed by atoms with van der Waals surface area (Å²) in [5.74, 6) is 3.25. The highest BCUT2D eigenvalue weighted by atomic mass is 16.5. The molecule has 2 saturated heterocycles. The van der Waals surface area contributed by atoms with Crippen LogP contribution in [0.3, 0.4) is 0 Å². The van der Waals surface area contributed by atoms with Crippen LogP contribution in [0.15, 0.2) is 4.52 Å².